The summed E-state index contributed by atoms with van der Waals surface area (Å²) in [4.78, 5) is 41.6. The second-order valence-corrected chi connectivity index (χ2v) is 12.8. The van der Waals surface area contributed by atoms with E-state index in [1.54, 1.807) is 6.07 Å². The average molecular weight is 543 g/mol. The number of Topliss-reactive ketones (excluding diaryl/α,β-unsaturated/α-hetero) is 2. The Morgan fingerprint density at radius 3 is 1.98 bits per heavy atom. The molecule has 1 amide bonds. The zero-order valence-electron chi connectivity index (χ0n) is 24.0. The summed E-state index contributed by atoms with van der Waals surface area (Å²) in [5.41, 5.74) is 10.2. The van der Waals surface area contributed by atoms with Crippen molar-refractivity contribution in [3.05, 3.63) is 82.2 Å². The lowest BCUT2D eigenvalue weighted by atomic mass is 9.63. The number of nitrogens with zero attached hydrogens (tertiary/aromatic N) is 1. The average Bonchev–Trinajstić information content (AvgIpc) is 2.87. The molecule has 0 radical (unpaired) electrons. The molecule has 0 bridgehead atoms. The van der Waals surface area contributed by atoms with Crippen LogP contribution in [0, 0.1) is 10.8 Å². The third kappa shape index (κ3) is 5.29. The van der Waals surface area contributed by atoms with Crippen molar-refractivity contribution in [1.82, 2.24) is 4.90 Å². The highest BCUT2D eigenvalue weighted by Gasteiger charge is 2.49. The first-order valence-electron chi connectivity index (χ1n) is 13.8. The lowest BCUT2D eigenvalue weighted by Gasteiger charge is -2.49. The summed E-state index contributed by atoms with van der Waals surface area (Å²) in [5, 5.41) is 0. The monoisotopic (exact) mass is 542 g/mol. The molecule has 210 valence electrons. The number of carbonyl (C=O) groups is 3. The Morgan fingerprint density at radius 2 is 1.45 bits per heavy atom. The van der Waals surface area contributed by atoms with Gasteiger partial charge < -0.3 is 20.1 Å². The molecule has 0 fully saturated rings. The van der Waals surface area contributed by atoms with Crippen molar-refractivity contribution in [2.45, 2.75) is 65.8 Å². The van der Waals surface area contributed by atoms with Gasteiger partial charge in [0.25, 0.3) is 5.91 Å². The van der Waals surface area contributed by atoms with Crippen LogP contribution in [0.4, 0.5) is 0 Å². The molecule has 5 rings (SSSR count). The predicted molar refractivity (Wildman–Crippen MR) is 153 cm³/mol. The minimum absolute atomic E-state index is 0.0755. The van der Waals surface area contributed by atoms with Crippen molar-refractivity contribution in [1.29, 1.82) is 0 Å². The van der Waals surface area contributed by atoms with Crippen molar-refractivity contribution < 1.29 is 23.9 Å². The molecule has 0 saturated heterocycles. The Labute approximate surface area is 236 Å². The molecule has 0 unspecified atom stereocenters. The van der Waals surface area contributed by atoms with E-state index in [1.165, 1.54) is 7.11 Å². The van der Waals surface area contributed by atoms with Gasteiger partial charge in [-0.3, -0.25) is 14.4 Å². The maximum atomic E-state index is 14.0. The van der Waals surface area contributed by atoms with Gasteiger partial charge in [-0.2, -0.15) is 0 Å². The molecule has 1 heterocycles. The van der Waals surface area contributed by atoms with Crippen molar-refractivity contribution in [2.24, 2.45) is 16.6 Å². The summed E-state index contributed by atoms with van der Waals surface area (Å²) in [6, 6.07) is 15.6. The highest BCUT2D eigenvalue weighted by molar-refractivity contribution is 6.06. The first-order chi connectivity index (χ1) is 18.9. The molecule has 2 aromatic carbocycles. The van der Waals surface area contributed by atoms with Crippen LogP contribution in [-0.4, -0.2) is 36.1 Å². The van der Waals surface area contributed by atoms with E-state index in [9.17, 15) is 14.4 Å². The minimum Gasteiger partial charge on any atom is -0.493 e. The molecule has 7 heteroatoms. The lowest BCUT2D eigenvalue weighted by Crippen LogP contribution is -2.44. The second kappa shape index (κ2) is 10.3. The first kappa shape index (κ1) is 27.7. The molecule has 40 heavy (non-hydrogen) atoms. The second-order valence-electron chi connectivity index (χ2n) is 12.8. The van der Waals surface area contributed by atoms with E-state index in [1.807, 2.05) is 30.3 Å². The summed E-state index contributed by atoms with van der Waals surface area (Å²) in [6.45, 7) is 8.87. The molecule has 0 aromatic heterocycles. The number of ketones is 2. The zero-order valence-corrected chi connectivity index (χ0v) is 24.0. The Bertz CT molecular complexity index is 1380. The van der Waals surface area contributed by atoms with Gasteiger partial charge >= 0.3 is 0 Å². The van der Waals surface area contributed by atoms with Gasteiger partial charge in [-0.15, -0.1) is 0 Å². The van der Waals surface area contributed by atoms with Crippen LogP contribution in [0.2, 0.25) is 0 Å². The van der Waals surface area contributed by atoms with Gasteiger partial charge in [0.1, 0.15) is 0 Å². The van der Waals surface area contributed by atoms with Crippen LogP contribution in [0.5, 0.6) is 11.5 Å². The van der Waals surface area contributed by atoms with Crippen LogP contribution in [0.1, 0.15) is 70.4 Å². The highest BCUT2D eigenvalue weighted by Crippen LogP contribution is 2.55. The molecule has 0 saturated carbocycles. The van der Waals surface area contributed by atoms with E-state index in [2.05, 4.69) is 44.7 Å². The summed E-state index contributed by atoms with van der Waals surface area (Å²) in [5.74, 6) is -0.141. The van der Waals surface area contributed by atoms with Gasteiger partial charge in [0.05, 0.1) is 7.11 Å². The van der Waals surface area contributed by atoms with E-state index >= 15 is 0 Å². The number of methoxy groups -OCH3 is 1. The number of hydrogen-bond donors (Lipinski definition) is 1. The molecule has 3 aliphatic rings. The van der Waals surface area contributed by atoms with Crippen LogP contribution < -0.4 is 15.2 Å². The number of amides is 1. The smallest absolute Gasteiger partial charge is 0.255 e. The number of allylic oxidation sites excluding steroid dienone is 4. The van der Waals surface area contributed by atoms with Gasteiger partial charge in [-0.25, -0.2) is 0 Å². The van der Waals surface area contributed by atoms with E-state index in [4.69, 9.17) is 15.2 Å². The van der Waals surface area contributed by atoms with Crippen LogP contribution in [-0.2, 0) is 20.9 Å². The summed E-state index contributed by atoms with van der Waals surface area (Å²) in [6.07, 6.45) is 2.31. The van der Waals surface area contributed by atoms with Gasteiger partial charge in [0.15, 0.2) is 29.7 Å². The van der Waals surface area contributed by atoms with Gasteiger partial charge in [0.2, 0.25) is 0 Å². The lowest BCUT2D eigenvalue weighted by molar-refractivity contribution is -0.121. The number of rotatable bonds is 7. The third-order valence-electron chi connectivity index (χ3n) is 8.10. The van der Waals surface area contributed by atoms with E-state index in [-0.39, 0.29) is 29.0 Å². The third-order valence-corrected chi connectivity index (χ3v) is 8.10. The molecule has 0 spiro atoms. The maximum Gasteiger partial charge on any atom is 0.255 e. The molecular weight excluding hydrogens is 504 g/mol. The molecular formula is C33H38N2O5. The van der Waals surface area contributed by atoms with Crippen LogP contribution in [0.3, 0.4) is 0 Å². The molecule has 1 aliphatic heterocycles. The Kier molecular flexibility index (Phi) is 7.11. The van der Waals surface area contributed by atoms with Gasteiger partial charge in [-0.1, -0.05) is 64.1 Å². The topological polar surface area (TPSA) is 98.9 Å². The summed E-state index contributed by atoms with van der Waals surface area (Å²) < 4.78 is 11.2. The summed E-state index contributed by atoms with van der Waals surface area (Å²) in [7, 11) is 1.52. The number of benzene rings is 2. The number of ether oxygens (including phenoxy) is 2. The van der Waals surface area contributed by atoms with Crippen LogP contribution >= 0.6 is 0 Å². The quantitative estimate of drug-likeness (QED) is 0.500. The largest absolute Gasteiger partial charge is 0.493 e. The van der Waals surface area contributed by atoms with E-state index < -0.39 is 11.8 Å². The van der Waals surface area contributed by atoms with Gasteiger partial charge in [-0.05, 0) is 46.9 Å². The fourth-order valence-electron chi connectivity index (χ4n) is 6.47. The number of nitrogens with two attached hydrogens (primary N) is 1. The molecule has 2 aliphatic carbocycles. The minimum atomic E-state index is -0.590. The molecule has 2 N–H and O–H groups in total. The maximum absolute atomic E-state index is 14.0. The molecule has 7 nitrogen and oxygen atoms in total. The Hall–Kier alpha value is -3.87. The first-order valence-corrected chi connectivity index (χ1v) is 13.8. The molecule has 2 aromatic rings. The van der Waals surface area contributed by atoms with Crippen molar-refractivity contribution in [3.8, 4) is 11.5 Å². The molecule has 0 atom stereocenters. The normalized spacial score (nSPS) is 20.3. The fourth-order valence-corrected chi connectivity index (χ4v) is 6.47. The number of carbonyl (C=O) groups excluding carboxylic acids is 3. The Morgan fingerprint density at radius 1 is 0.875 bits per heavy atom. The SMILES string of the molecule is COc1cc(C2C3=C(CC(C)(C)CC3=O)N(Cc3ccccc3)C3=C2C(=O)CC(C)(C)C3)ccc1OCC(N)=O. The van der Waals surface area contributed by atoms with E-state index in [0.717, 1.165) is 35.4 Å². The van der Waals surface area contributed by atoms with Gasteiger partial charge in [0, 0.05) is 47.8 Å². The van der Waals surface area contributed by atoms with E-state index in [0.29, 0.717) is 42.0 Å². The zero-order chi connectivity index (χ0) is 28.8. The van der Waals surface area contributed by atoms with Crippen molar-refractivity contribution in [2.75, 3.05) is 13.7 Å². The predicted octanol–water partition coefficient (Wildman–Crippen LogP) is 5.45. The van der Waals surface area contributed by atoms with Crippen LogP contribution in [0.25, 0.3) is 0 Å². The highest BCUT2D eigenvalue weighted by atomic mass is 16.5. The Balaban J connectivity index is 1.72. The van der Waals surface area contributed by atoms with Crippen molar-refractivity contribution in [3.63, 3.8) is 0 Å². The standard InChI is InChI=1S/C33H38N2O5/c1-32(2)14-22-30(24(36)16-32)29(21-11-12-26(27(13-21)39-5)40-19-28(34)38)31-23(15-33(3,4)17-25(31)37)35(22)18-20-9-7-6-8-10-20/h6-13,29H,14-19H2,1-5H3,(H2,34,38). The summed E-state index contributed by atoms with van der Waals surface area (Å²) >= 11 is 0. The number of hydrogen-bond acceptors (Lipinski definition) is 6. The van der Waals surface area contributed by atoms with Crippen LogP contribution in [0.15, 0.2) is 71.1 Å². The fraction of sp³-hybridized carbons (Fsp3) is 0.424. The number of primary amides is 1. The van der Waals surface area contributed by atoms with Crippen molar-refractivity contribution >= 4 is 17.5 Å².